The van der Waals surface area contributed by atoms with Gasteiger partial charge in [0.2, 0.25) is 0 Å². The summed E-state index contributed by atoms with van der Waals surface area (Å²) in [7, 11) is 0. The normalized spacial score (nSPS) is 18.2. The van der Waals surface area contributed by atoms with Gasteiger partial charge in [0, 0.05) is 6.54 Å². The standard InChI is InChI=1S/C18H29N/c1-5-16-10-15(4)11-17(12-16)13-19-8-6-18(7-9-19)14(2)3/h10-12,14,18H,5-9,13H2,1-4H3. The van der Waals surface area contributed by atoms with E-state index < -0.39 is 0 Å². The summed E-state index contributed by atoms with van der Waals surface area (Å²) in [5.74, 6) is 1.80. The molecule has 2 rings (SSSR count). The van der Waals surface area contributed by atoms with E-state index in [0.29, 0.717) is 0 Å². The van der Waals surface area contributed by atoms with E-state index in [1.165, 1.54) is 42.6 Å². The number of aryl methyl sites for hydroxylation is 2. The van der Waals surface area contributed by atoms with E-state index in [4.69, 9.17) is 0 Å². The molecule has 1 aliphatic heterocycles. The van der Waals surface area contributed by atoms with Gasteiger partial charge in [0.05, 0.1) is 0 Å². The fourth-order valence-corrected chi connectivity index (χ4v) is 3.28. The molecule has 0 aliphatic carbocycles. The lowest BCUT2D eigenvalue weighted by atomic mass is 9.86. The molecule has 1 saturated heterocycles. The summed E-state index contributed by atoms with van der Waals surface area (Å²) in [4.78, 5) is 2.63. The maximum atomic E-state index is 2.63. The van der Waals surface area contributed by atoms with Crippen LogP contribution in [0.1, 0.15) is 50.3 Å². The van der Waals surface area contributed by atoms with E-state index in [1.54, 1.807) is 0 Å². The van der Waals surface area contributed by atoms with Crippen molar-refractivity contribution in [2.75, 3.05) is 13.1 Å². The van der Waals surface area contributed by atoms with Crippen LogP contribution in [0.25, 0.3) is 0 Å². The summed E-state index contributed by atoms with van der Waals surface area (Å²) in [5, 5.41) is 0. The lowest BCUT2D eigenvalue weighted by Crippen LogP contribution is -2.34. The minimum absolute atomic E-state index is 0.854. The van der Waals surface area contributed by atoms with Crippen molar-refractivity contribution in [3.8, 4) is 0 Å². The Morgan fingerprint density at radius 2 is 1.74 bits per heavy atom. The van der Waals surface area contributed by atoms with Gasteiger partial charge in [0.25, 0.3) is 0 Å². The Kier molecular flexibility index (Phi) is 5.04. The number of rotatable bonds is 4. The average molecular weight is 259 g/mol. The lowest BCUT2D eigenvalue weighted by Gasteiger charge is -2.34. The Hall–Kier alpha value is -0.820. The highest BCUT2D eigenvalue weighted by atomic mass is 15.1. The SMILES string of the molecule is CCc1cc(C)cc(CN2CCC(C(C)C)CC2)c1. The largest absolute Gasteiger partial charge is 0.299 e. The zero-order valence-corrected chi connectivity index (χ0v) is 13.1. The lowest BCUT2D eigenvalue weighted by molar-refractivity contribution is 0.152. The molecule has 1 fully saturated rings. The summed E-state index contributed by atoms with van der Waals surface area (Å²) >= 11 is 0. The van der Waals surface area contributed by atoms with E-state index in [1.807, 2.05) is 0 Å². The molecule has 0 saturated carbocycles. The minimum atomic E-state index is 0.854. The second-order valence-corrected chi connectivity index (χ2v) is 6.54. The maximum absolute atomic E-state index is 2.63. The monoisotopic (exact) mass is 259 g/mol. The molecule has 19 heavy (non-hydrogen) atoms. The summed E-state index contributed by atoms with van der Waals surface area (Å²) in [6.45, 7) is 12.9. The highest BCUT2D eigenvalue weighted by Gasteiger charge is 2.21. The van der Waals surface area contributed by atoms with Crippen molar-refractivity contribution in [3.63, 3.8) is 0 Å². The third-order valence-corrected chi connectivity index (χ3v) is 4.59. The number of nitrogens with zero attached hydrogens (tertiary/aromatic N) is 1. The van der Waals surface area contributed by atoms with Crippen LogP contribution in [0.2, 0.25) is 0 Å². The van der Waals surface area contributed by atoms with Gasteiger partial charge in [-0.3, -0.25) is 4.90 Å². The van der Waals surface area contributed by atoms with Gasteiger partial charge in [-0.05, 0) is 62.2 Å². The molecule has 0 N–H and O–H groups in total. The topological polar surface area (TPSA) is 3.24 Å². The number of hydrogen-bond donors (Lipinski definition) is 0. The van der Waals surface area contributed by atoms with Gasteiger partial charge in [-0.25, -0.2) is 0 Å². The molecule has 1 nitrogen and oxygen atoms in total. The first-order valence-corrected chi connectivity index (χ1v) is 7.90. The van der Waals surface area contributed by atoms with Crippen LogP contribution in [0.15, 0.2) is 18.2 Å². The van der Waals surface area contributed by atoms with Crippen LogP contribution in [-0.4, -0.2) is 18.0 Å². The van der Waals surface area contributed by atoms with Gasteiger partial charge in [0.1, 0.15) is 0 Å². The molecular formula is C18H29N. The molecule has 0 atom stereocenters. The van der Waals surface area contributed by atoms with Crippen molar-refractivity contribution in [2.24, 2.45) is 11.8 Å². The predicted octanol–water partition coefficient (Wildman–Crippen LogP) is 4.43. The van der Waals surface area contributed by atoms with Crippen molar-refractivity contribution >= 4 is 0 Å². The summed E-state index contributed by atoms with van der Waals surface area (Å²) in [5.41, 5.74) is 4.39. The van der Waals surface area contributed by atoms with Crippen LogP contribution in [0, 0.1) is 18.8 Å². The van der Waals surface area contributed by atoms with Crippen molar-refractivity contribution in [1.29, 1.82) is 0 Å². The number of hydrogen-bond acceptors (Lipinski definition) is 1. The van der Waals surface area contributed by atoms with Gasteiger partial charge in [-0.1, -0.05) is 44.5 Å². The van der Waals surface area contributed by atoms with E-state index in [2.05, 4.69) is 50.8 Å². The van der Waals surface area contributed by atoms with Crippen LogP contribution in [0.4, 0.5) is 0 Å². The zero-order valence-electron chi connectivity index (χ0n) is 13.1. The average Bonchev–Trinajstić information content (AvgIpc) is 2.38. The molecule has 0 unspecified atom stereocenters. The van der Waals surface area contributed by atoms with Crippen molar-refractivity contribution in [2.45, 2.75) is 53.5 Å². The quantitative estimate of drug-likeness (QED) is 0.773. The third-order valence-electron chi connectivity index (χ3n) is 4.59. The van der Waals surface area contributed by atoms with Crippen LogP contribution in [-0.2, 0) is 13.0 Å². The molecule has 0 aromatic heterocycles. The van der Waals surface area contributed by atoms with Gasteiger partial charge >= 0.3 is 0 Å². The Morgan fingerprint density at radius 3 is 2.32 bits per heavy atom. The molecule has 1 heteroatoms. The molecular weight excluding hydrogens is 230 g/mol. The van der Waals surface area contributed by atoms with E-state index in [-0.39, 0.29) is 0 Å². The Morgan fingerprint density at radius 1 is 1.11 bits per heavy atom. The van der Waals surface area contributed by atoms with Crippen molar-refractivity contribution < 1.29 is 0 Å². The third kappa shape index (κ3) is 4.07. The Labute approximate surface area is 119 Å². The number of piperidine rings is 1. The van der Waals surface area contributed by atoms with E-state index in [0.717, 1.165) is 24.8 Å². The first-order chi connectivity index (χ1) is 9.08. The second kappa shape index (κ2) is 6.56. The molecule has 106 valence electrons. The predicted molar refractivity (Wildman–Crippen MR) is 83.4 cm³/mol. The zero-order chi connectivity index (χ0) is 13.8. The highest BCUT2D eigenvalue weighted by molar-refractivity contribution is 5.29. The summed E-state index contributed by atoms with van der Waals surface area (Å²) < 4.78 is 0. The summed E-state index contributed by atoms with van der Waals surface area (Å²) in [6, 6.07) is 7.06. The molecule has 1 aromatic carbocycles. The molecule has 1 aromatic rings. The first kappa shape index (κ1) is 14.6. The number of benzene rings is 1. The number of likely N-dealkylation sites (tertiary alicyclic amines) is 1. The minimum Gasteiger partial charge on any atom is -0.299 e. The van der Waals surface area contributed by atoms with E-state index in [9.17, 15) is 0 Å². The molecule has 0 radical (unpaired) electrons. The summed E-state index contributed by atoms with van der Waals surface area (Å²) in [6.07, 6.45) is 3.90. The first-order valence-electron chi connectivity index (χ1n) is 7.90. The Bertz CT molecular complexity index is 400. The van der Waals surface area contributed by atoms with Gasteiger partial charge in [-0.15, -0.1) is 0 Å². The molecule has 0 bridgehead atoms. The van der Waals surface area contributed by atoms with E-state index >= 15 is 0 Å². The van der Waals surface area contributed by atoms with Crippen LogP contribution < -0.4 is 0 Å². The fourth-order valence-electron chi connectivity index (χ4n) is 3.28. The van der Waals surface area contributed by atoms with Gasteiger partial charge in [-0.2, -0.15) is 0 Å². The second-order valence-electron chi connectivity index (χ2n) is 6.54. The van der Waals surface area contributed by atoms with Crippen molar-refractivity contribution in [3.05, 3.63) is 34.9 Å². The molecule has 1 aliphatic rings. The van der Waals surface area contributed by atoms with Gasteiger partial charge < -0.3 is 0 Å². The molecule has 1 heterocycles. The molecule has 0 spiro atoms. The Balaban J connectivity index is 1.93. The molecule has 0 amide bonds. The fraction of sp³-hybridized carbons (Fsp3) is 0.667. The maximum Gasteiger partial charge on any atom is 0.0233 e. The van der Waals surface area contributed by atoms with Gasteiger partial charge in [0.15, 0.2) is 0 Å². The van der Waals surface area contributed by atoms with Crippen molar-refractivity contribution in [1.82, 2.24) is 4.90 Å². The highest BCUT2D eigenvalue weighted by Crippen LogP contribution is 2.25. The van der Waals surface area contributed by atoms with Crippen LogP contribution >= 0.6 is 0 Å². The van der Waals surface area contributed by atoms with Crippen LogP contribution in [0.5, 0.6) is 0 Å². The van der Waals surface area contributed by atoms with Crippen LogP contribution in [0.3, 0.4) is 0 Å². The smallest absolute Gasteiger partial charge is 0.0233 e.